The van der Waals surface area contributed by atoms with Crippen molar-refractivity contribution in [2.75, 3.05) is 24.7 Å². The van der Waals surface area contributed by atoms with Gasteiger partial charge in [0, 0.05) is 12.6 Å². The highest BCUT2D eigenvalue weighted by Gasteiger charge is 2.21. The molecule has 1 aliphatic heterocycles. The van der Waals surface area contributed by atoms with E-state index in [9.17, 15) is 0 Å². The van der Waals surface area contributed by atoms with Crippen LogP contribution in [-0.2, 0) is 11.3 Å². The average molecular weight is 196 g/mol. The lowest BCUT2D eigenvalue weighted by Crippen LogP contribution is -2.43. The Hall–Kier alpha value is -1.00. The Morgan fingerprint density at radius 2 is 2.43 bits per heavy atom. The first-order chi connectivity index (χ1) is 6.81. The smallest absolute Gasteiger partial charge is 0.196 e. The predicted molar refractivity (Wildman–Crippen MR) is 54.2 cm³/mol. The number of nitrogens with two attached hydrogens (primary N) is 1. The van der Waals surface area contributed by atoms with E-state index < -0.39 is 0 Å². The van der Waals surface area contributed by atoms with Crippen LogP contribution in [0.3, 0.4) is 0 Å². The number of hydrogen-bond donors (Lipinski definition) is 1. The van der Waals surface area contributed by atoms with E-state index in [0.717, 1.165) is 31.4 Å². The molecule has 14 heavy (non-hydrogen) atoms. The van der Waals surface area contributed by atoms with Gasteiger partial charge in [0.2, 0.25) is 0 Å². The Morgan fingerprint density at radius 1 is 1.57 bits per heavy atom. The Balaban J connectivity index is 2.12. The van der Waals surface area contributed by atoms with Crippen molar-refractivity contribution in [2.24, 2.45) is 5.73 Å². The van der Waals surface area contributed by atoms with Crippen LogP contribution in [0.15, 0.2) is 16.5 Å². The quantitative estimate of drug-likeness (QED) is 0.765. The van der Waals surface area contributed by atoms with E-state index in [1.165, 1.54) is 0 Å². The zero-order valence-electron chi connectivity index (χ0n) is 8.40. The lowest BCUT2D eigenvalue weighted by Gasteiger charge is -2.32. The number of anilines is 1. The lowest BCUT2D eigenvalue weighted by atomic mass is 10.2. The molecule has 1 aromatic heterocycles. The van der Waals surface area contributed by atoms with Gasteiger partial charge >= 0.3 is 0 Å². The topological polar surface area (TPSA) is 51.6 Å². The minimum atomic E-state index is 0.375. The highest BCUT2D eigenvalue weighted by molar-refractivity contribution is 5.38. The van der Waals surface area contributed by atoms with Gasteiger partial charge in [-0.1, -0.05) is 0 Å². The molecular formula is C10H16N2O2. The molecule has 1 fully saturated rings. The number of rotatable bonds is 2. The van der Waals surface area contributed by atoms with Crippen LogP contribution in [0.4, 0.5) is 5.88 Å². The highest BCUT2D eigenvalue weighted by Crippen LogP contribution is 2.22. The van der Waals surface area contributed by atoms with Crippen molar-refractivity contribution in [3.63, 3.8) is 0 Å². The summed E-state index contributed by atoms with van der Waals surface area (Å²) < 4.78 is 10.9. The van der Waals surface area contributed by atoms with Crippen LogP contribution in [0.25, 0.3) is 0 Å². The molecule has 0 spiro atoms. The second-order valence-electron chi connectivity index (χ2n) is 3.56. The first kappa shape index (κ1) is 9.55. The van der Waals surface area contributed by atoms with Gasteiger partial charge in [-0.3, -0.25) is 0 Å². The van der Waals surface area contributed by atoms with Gasteiger partial charge in [-0.25, -0.2) is 0 Å². The van der Waals surface area contributed by atoms with Gasteiger partial charge in [-0.2, -0.15) is 0 Å². The summed E-state index contributed by atoms with van der Waals surface area (Å²) in [5.41, 5.74) is 5.49. The molecule has 4 heteroatoms. The van der Waals surface area contributed by atoms with E-state index in [2.05, 4.69) is 11.8 Å². The molecule has 0 bridgehead atoms. The summed E-state index contributed by atoms with van der Waals surface area (Å²) in [6, 6.07) is 4.28. The molecule has 2 N–H and O–H groups in total. The molecule has 1 saturated heterocycles. The van der Waals surface area contributed by atoms with Gasteiger partial charge < -0.3 is 19.8 Å². The third-order valence-corrected chi connectivity index (χ3v) is 2.50. The zero-order valence-corrected chi connectivity index (χ0v) is 8.40. The maximum Gasteiger partial charge on any atom is 0.196 e. The van der Waals surface area contributed by atoms with Crippen molar-refractivity contribution in [3.8, 4) is 0 Å². The van der Waals surface area contributed by atoms with Crippen molar-refractivity contribution >= 4 is 5.88 Å². The number of ether oxygens (including phenoxy) is 1. The van der Waals surface area contributed by atoms with E-state index in [4.69, 9.17) is 14.9 Å². The Kier molecular flexibility index (Phi) is 2.74. The second-order valence-corrected chi connectivity index (χ2v) is 3.56. The van der Waals surface area contributed by atoms with Crippen molar-refractivity contribution in [3.05, 3.63) is 17.9 Å². The molecular weight excluding hydrogens is 180 g/mol. The highest BCUT2D eigenvalue weighted by atomic mass is 16.5. The van der Waals surface area contributed by atoms with Gasteiger partial charge in [0.1, 0.15) is 5.76 Å². The summed E-state index contributed by atoms with van der Waals surface area (Å²) >= 11 is 0. The van der Waals surface area contributed by atoms with Gasteiger partial charge in [-0.15, -0.1) is 0 Å². The van der Waals surface area contributed by atoms with Crippen LogP contribution in [0.2, 0.25) is 0 Å². The normalized spacial score (nSPS) is 22.7. The van der Waals surface area contributed by atoms with Gasteiger partial charge in [0.05, 0.1) is 25.8 Å². The summed E-state index contributed by atoms with van der Waals surface area (Å²) in [5, 5.41) is 0. The third kappa shape index (κ3) is 1.76. The number of nitrogens with zero attached hydrogens (tertiary/aromatic N) is 1. The molecule has 1 aromatic rings. The molecule has 1 unspecified atom stereocenters. The fourth-order valence-electron chi connectivity index (χ4n) is 1.69. The van der Waals surface area contributed by atoms with Crippen LogP contribution >= 0.6 is 0 Å². The van der Waals surface area contributed by atoms with Crippen molar-refractivity contribution in [1.82, 2.24) is 0 Å². The molecule has 78 valence electrons. The van der Waals surface area contributed by atoms with Gasteiger partial charge in [0.25, 0.3) is 0 Å². The molecule has 4 nitrogen and oxygen atoms in total. The number of hydrogen-bond acceptors (Lipinski definition) is 4. The average Bonchev–Trinajstić information content (AvgIpc) is 2.67. The predicted octanol–water partition coefficient (Wildman–Crippen LogP) is 0.963. The molecule has 2 rings (SSSR count). The molecule has 0 saturated carbocycles. The Bertz CT molecular complexity index is 298. The third-order valence-electron chi connectivity index (χ3n) is 2.50. The van der Waals surface area contributed by atoms with E-state index >= 15 is 0 Å². The summed E-state index contributed by atoms with van der Waals surface area (Å²) in [6.07, 6.45) is 0. The van der Waals surface area contributed by atoms with Crippen LogP contribution in [0.1, 0.15) is 12.7 Å². The van der Waals surface area contributed by atoms with E-state index in [1.54, 1.807) is 0 Å². The first-order valence-corrected chi connectivity index (χ1v) is 4.94. The summed E-state index contributed by atoms with van der Waals surface area (Å²) in [5.74, 6) is 1.74. The van der Waals surface area contributed by atoms with E-state index in [0.29, 0.717) is 12.6 Å². The Morgan fingerprint density at radius 3 is 3.07 bits per heavy atom. The Labute approximate surface area is 83.6 Å². The second kappa shape index (κ2) is 4.02. The molecule has 1 aliphatic rings. The fourth-order valence-corrected chi connectivity index (χ4v) is 1.69. The molecule has 2 heterocycles. The standard InChI is InChI=1S/C10H16N2O2/c1-8-7-13-5-4-12(8)10-3-2-9(6-11)14-10/h2-3,8H,4-7,11H2,1H3. The van der Waals surface area contributed by atoms with Crippen LogP contribution < -0.4 is 10.6 Å². The SMILES string of the molecule is CC1COCCN1c1ccc(CN)o1. The molecule has 0 aliphatic carbocycles. The van der Waals surface area contributed by atoms with Crippen LogP contribution in [0.5, 0.6) is 0 Å². The minimum absolute atomic E-state index is 0.375. The molecule has 1 atom stereocenters. The van der Waals surface area contributed by atoms with Gasteiger partial charge in [0.15, 0.2) is 5.88 Å². The van der Waals surface area contributed by atoms with Gasteiger partial charge in [-0.05, 0) is 13.0 Å². The van der Waals surface area contributed by atoms with Crippen LogP contribution in [-0.4, -0.2) is 25.8 Å². The first-order valence-electron chi connectivity index (χ1n) is 4.94. The lowest BCUT2D eigenvalue weighted by molar-refractivity contribution is 0.0965. The van der Waals surface area contributed by atoms with Crippen molar-refractivity contribution in [2.45, 2.75) is 19.5 Å². The summed E-state index contributed by atoms with van der Waals surface area (Å²) in [4.78, 5) is 2.21. The maximum absolute atomic E-state index is 5.59. The fraction of sp³-hybridized carbons (Fsp3) is 0.600. The van der Waals surface area contributed by atoms with Crippen LogP contribution in [0, 0.1) is 0 Å². The largest absolute Gasteiger partial charge is 0.444 e. The van der Waals surface area contributed by atoms with E-state index in [1.807, 2.05) is 12.1 Å². The zero-order chi connectivity index (χ0) is 9.97. The summed E-state index contributed by atoms with van der Waals surface area (Å²) in [7, 11) is 0. The molecule has 0 radical (unpaired) electrons. The minimum Gasteiger partial charge on any atom is -0.444 e. The maximum atomic E-state index is 5.59. The molecule has 0 amide bonds. The number of morpholine rings is 1. The molecule has 0 aromatic carbocycles. The van der Waals surface area contributed by atoms with Crippen molar-refractivity contribution < 1.29 is 9.15 Å². The summed E-state index contributed by atoms with van der Waals surface area (Å²) in [6.45, 7) is 5.00. The van der Waals surface area contributed by atoms with Crippen molar-refractivity contribution in [1.29, 1.82) is 0 Å². The van der Waals surface area contributed by atoms with E-state index in [-0.39, 0.29) is 0 Å². The monoisotopic (exact) mass is 196 g/mol. The number of furan rings is 1.